The fraction of sp³-hybridized carbons (Fsp3) is 0.857. The van der Waals surface area contributed by atoms with E-state index in [-0.39, 0.29) is 6.10 Å². The molecule has 1 heterocycles. The Kier molecular flexibility index (Phi) is 2.93. The van der Waals surface area contributed by atoms with E-state index in [1.165, 1.54) is 25.7 Å². The van der Waals surface area contributed by atoms with Crippen LogP contribution in [0.15, 0.2) is 4.52 Å². The fourth-order valence-electron chi connectivity index (χ4n) is 3.03. The van der Waals surface area contributed by atoms with E-state index in [1.807, 2.05) is 0 Å². The molecule has 0 bridgehead atoms. The summed E-state index contributed by atoms with van der Waals surface area (Å²) in [6, 6.07) is 0. The molecule has 0 spiro atoms. The van der Waals surface area contributed by atoms with Crippen LogP contribution in [0.3, 0.4) is 0 Å². The highest BCUT2D eigenvalue weighted by Crippen LogP contribution is 2.42. The van der Waals surface area contributed by atoms with E-state index in [2.05, 4.69) is 24.0 Å². The summed E-state index contributed by atoms with van der Waals surface area (Å²) in [6.07, 6.45) is 6.20. The van der Waals surface area contributed by atoms with Crippen LogP contribution in [0.2, 0.25) is 0 Å². The highest BCUT2D eigenvalue weighted by atomic mass is 16.5. The van der Waals surface area contributed by atoms with Crippen LogP contribution in [-0.4, -0.2) is 21.4 Å². The zero-order chi connectivity index (χ0) is 12.8. The van der Waals surface area contributed by atoms with Gasteiger partial charge in [-0.25, -0.2) is 0 Å². The first-order valence-electron chi connectivity index (χ1n) is 7.05. The van der Waals surface area contributed by atoms with Crippen molar-refractivity contribution < 1.29 is 9.63 Å². The van der Waals surface area contributed by atoms with Gasteiger partial charge in [0, 0.05) is 11.8 Å². The number of rotatable bonds is 2. The first-order chi connectivity index (χ1) is 8.53. The second-order valence-corrected chi connectivity index (χ2v) is 6.75. The predicted octanol–water partition coefficient (Wildman–Crippen LogP) is 2.99. The lowest BCUT2D eigenvalue weighted by atomic mass is 9.73. The highest BCUT2D eigenvalue weighted by Gasteiger charge is 2.35. The average molecular weight is 250 g/mol. The van der Waals surface area contributed by atoms with Crippen molar-refractivity contribution >= 4 is 0 Å². The third-order valence-electron chi connectivity index (χ3n) is 4.62. The number of nitrogens with zero attached hydrogens (tertiary/aromatic N) is 2. The lowest BCUT2D eigenvalue weighted by Gasteiger charge is -2.32. The number of hydrogen-bond donors (Lipinski definition) is 1. The fourth-order valence-corrected chi connectivity index (χ4v) is 3.03. The maximum atomic E-state index is 9.30. The lowest BCUT2D eigenvalue weighted by Crippen LogP contribution is -2.26. The highest BCUT2D eigenvalue weighted by molar-refractivity contribution is 5.05. The third-order valence-corrected chi connectivity index (χ3v) is 4.62. The summed E-state index contributed by atoms with van der Waals surface area (Å²) < 4.78 is 5.35. The summed E-state index contributed by atoms with van der Waals surface area (Å²) in [4.78, 5) is 4.55. The molecule has 0 aromatic carbocycles. The molecule has 4 heteroatoms. The SMILES string of the molecule is CC1(C)CCC(c2noc(C3CC(O)C3)n2)CC1. The molecular weight excluding hydrogens is 228 g/mol. The van der Waals surface area contributed by atoms with Crippen LogP contribution in [-0.2, 0) is 0 Å². The van der Waals surface area contributed by atoms with Gasteiger partial charge in [0.15, 0.2) is 5.82 Å². The molecule has 2 aliphatic carbocycles. The molecule has 1 aromatic rings. The molecule has 0 amide bonds. The van der Waals surface area contributed by atoms with Crippen molar-refractivity contribution in [1.82, 2.24) is 10.1 Å². The summed E-state index contributed by atoms with van der Waals surface area (Å²) in [5.41, 5.74) is 0.473. The van der Waals surface area contributed by atoms with E-state index in [9.17, 15) is 5.11 Å². The van der Waals surface area contributed by atoms with Crippen LogP contribution in [0.1, 0.15) is 75.9 Å². The molecule has 100 valence electrons. The first kappa shape index (κ1) is 12.2. The van der Waals surface area contributed by atoms with E-state index in [0.29, 0.717) is 17.3 Å². The average Bonchev–Trinajstić information content (AvgIpc) is 2.74. The molecule has 0 radical (unpaired) electrons. The molecule has 0 atom stereocenters. The molecule has 1 aromatic heterocycles. The van der Waals surface area contributed by atoms with Crippen LogP contribution < -0.4 is 0 Å². The van der Waals surface area contributed by atoms with Gasteiger partial charge in [-0.1, -0.05) is 19.0 Å². The van der Waals surface area contributed by atoms with E-state index < -0.39 is 0 Å². The lowest BCUT2D eigenvalue weighted by molar-refractivity contribution is 0.0625. The predicted molar refractivity (Wildman–Crippen MR) is 67.3 cm³/mol. The zero-order valence-corrected chi connectivity index (χ0v) is 11.2. The summed E-state index contributed by atoms with van der Waals surface area (Å²) in [5, 5.41) is 13.5. The van der Waals surface area contributed by atoms with Crippen molar-refractivity contribution in [3.63, 3.8) is 0 Å². The van der Waals surface area contributed by atoms with Gasteiger partial charge in [0.05, 0.1) is 6.10 Å². The molecule has 4 nitrogen and oxygen atoms in total. The van der Waals surface area contributed by atoms with Crippen LogP contribution in [0.25, 0.3) is 0 Å². The maximum absolute atomic E-state index is 9.30. The van der Waals surface area contributed by atoms with Gasteiger partial charge in [0.2, 0.25) is 5.89 Å². The smallest absolute Gasteiger partial charge is 0.229 e. The Labute approximate surface area is 108 Å². The molecule has 2 saturated carbocycles. The minimum Gasteiger partial charge on any atom is -0.393 e. The Bertz CT molecular complexity index is 411. The van der Waals surface area contributed by atoms with E-state index in [1.54, 1.807) is 0 Å². The van der Waals surface area contributed by atoms with Crippen molar-refractivity contribution in [2.24, 2.45) is 5.41 Å². The van der Waals surface area contributed by atoms with Crippen molar-refractivity contribution in [3.05, 3.63) is 11.7 Å². The molecule has 2 fully saturated rings. The molecule has 0 unspecified atom stereocenters. The normalized spacial score (nSPS) is 32.2. The largest absolute Gasteiger partial charge is 0.393 e. The van der Waals surface area contributed by atoms with Gasteiger partial charge >= 0.3 is 0 Å². The van der Waals surface area contributed by atoms with Gasteiger partial charge in [-0.3, -0.25) is 0 Å². The minimum absolute atomic E-state index is 0.166. The zero-order valence-electron chi connectivity index (χ0n) is 11.2. The van der Waals surface area contributed by atoms with Crippen LogP contribution in [0.5, 0.6) is 0 Å². The Balaban J connectivity index is 1.63. The van der Waals surface area contributed by atoms with Gasteiger partial charge in [-0.2, -0.15) is 4.98 Å². The molecule has 3 rings (SSSR count). The second-order valence-electron chi connectivity index (χ2n) is 6.75. The molecular formula is C14H22N2O2. The summed E-state index contributed by atoms with van der Waals surface area (Å²) in [7, 11) is 0. The topological polar surface area (TPSA) is 59.2 Å². The second kappa shape index (κ2) is 4.34. The third kappa shape index (κ3) is 2.30. The number of aliphatic hydroxyl groups is 1. The summed E-state index contributed by atoms with van der Waals surface area (Å²) >= 11 is 0. The Morgan fingerprint density at radius 3 is 2.44 bits per heavy atom. The van der Waals surface area contributed by atoms with E-state index in [4.69, 9.17) is 4.52 Å². The minimum atomic E-state index is -0.166. The Morgan fingerprint density at radius 2 is 1.83 bits per heavy atom. The quantitative estimate of drug-likeness (QED) is 0.876. The molecule has 1 N–H and O–H groups in total. The van der Waals surface area contributed by atoms with Gasteiger partial charge in [0.1, 0.15) is 0 Å². The van der Waals surface area contributed by atoms with Gasteiger partial charge in [-0.15, -0.1) is 0 Å². The van der Waals surface area contributed by atoms with Crippen LogP contribution in [0.4, 0.5) is 0 Å². The van der Waals surface area contributed by atoms with Crippen LogP contribution in [0, 0.1) is 5.41 Å². The van der Waals surface area contributed by atoms with E-state index in [0.717, 1.165) is 24.6 Å². The molecule has 18 heavy (non-hydrogen) atoms. The van der Waals surface area contributed by atoms with Crippen molar-refractivity contribution in [2.45, 2.75) is 70.3 Å². The summed E-state index contributed by atoms with van der Waals surface area (Å²) in [6.45, 7) is 4.67. The van der Waals surface area contributed by atoms with Gasteiger partial charge < -0.3 is 9.63 Å². The summed E-state index contributed by atoms with van der Waals surface area (Å²) in [5.74, 6) is 2.39. The van der Waals surface area contributed by atoms with E-state index >= 15 is 0 Å². The molecule has 0 aliphatic heterocycles. The Morgan fingerprint density at radius 1 is 1.17 bits per heavy atom. The number of hydrogen-bond acceptors (Lipinski definition) is 4. The standard InChI is InChI=1S/C14H22N2O2/c1-14(2)5-3-9(4-6-14)12-15-13(18-16-12)10-7-11(17)8-10/h9-11,17H,3-8H2,1-2H3. The van der Waals surface area contributed by atoms with Crippen LogP contribution >= 0.6 is 0 Å². The van der Waals surface area contributed by atoms with Gasteiger partial charge in [0.25, 0.3) is 0 Å². The molecule has 0 saturated heterocycles. The Hall–Kier alpha value is -0.900. The first-order valence-corrected chi connectivity index (χ1v) is 7.05. The van der Waals surface area contributed by atoms with Crippen molar-refractivity contribution in [1.29, 1.82) is 0 Å². The van der Waals surface area contributed by atoms with Gasteiger partial charge in [-0.05, 0) is 43.9 Å². The monoisotopic (exact) mass is 250 g/mol. The van der Waals surface area contributed by atoms with Crippen molar-refractivity contribution in [2.75, 3.05) is 0 Å². The molecule has 2 aliphatic rings. The number of aromatic nitrogens is 2. The number of aliphatic hydroxyl groups excluding tert-OH is 1. The maximum Gasteiger partial charge on any atom is 0.229 e. The van der Waals surface area contributed by atoms with Crippen molar-refractivity contribution in [3.8, 4) is 0 Å².